The average molecular weight is 989 g/mol. The minimum Gasteiger partial charge on any atom is -0.506 e. The number of hydrogen-bond acceptors (Lipinski definition) is 12. The van der Waals surface area contributed by atoms with Crippen LogP contribution in [-0.4, -0.2) is 59.5 Å². The fourth-order valence-electron chi connectivity index (χ4n) is 6.09. The van der Waals surface area contributed by atoms with Crippen LogP contribution < -0.4 is 22.2 Å². The van der Waals surface area contributed by atoms with Gasteiger partial charge in [0, 0.05) is 6.04 Å². The van der Waals surface area contributed by atoms with Crippen LogP contribution in [0.25, 0.3) is 49.3 Å². The maximum atomic E-state index is 12.9. The maximum Gasteiger partial charge on any atom is 0.267 e. The number of fused-ring (bicyclic) bond motifs is 4. The Morgan fingerprint density at radius 3 is 1.59 bits per heavy atom. The zero-order valence-corrected chi connectivity index (χ0v) is 36.4. The predicted molar refractivity (Wildman–Crippen MR) is 243 cm³/mol. The molecule has 64 heavy (non-hydrogen) atoms. The van der Waals surface area contributed by atoms with Gasteiger partial charge in [0.05, 0.1) is 76.4 Å². The second-order valence-corrected chi connectivity index (χ2v) is 15.9. The molecule has 4 aromatic heterocycles. The molecule has 0 unspecified atom stereocenters. The summed E-state index contributed by atoms with van der Waals surface area (Å²) in [5.74, 6) is -1.13. The highest BCUT2D eigenvalue weighted by molar-refractivity contribution is 6.41. The molecule has 6 N–H and O–H groups in total. The Kier molecular flexibility index (Phi) is 13.3. The molecule has 0 radical (unpaired) electrons. The first-order valence-corrected chi connectivity index (χ1v) is 20.4. The van der Waals surface area contributed by atoms with Crippen molar-refractivity contribution < 1.29 is 24.8 Å². The average Bonchev–Trinajstić information content (AvgIpc) is 4.11. The Morgan fingerprint density at radius 1 is 0.562 bits per heavy atom. The number of aromatic nitrogens is 8. The number of phenols is 4. The van der Waals surface area contributed by atoms with Gasteiger partial charge in [0.25, 0.3) is 22.2 Å². The van der Waals surface area contributed by atoms with Crippen LogP contribution in [0.5, 0.6) is 23.0 Å². The lowest BCUT2D eigenvalue weighted by Crippen LogP contribution is -2.19. The first-order valence-electron chi connectivity index (χ1n) is 18.1. The topological polar surface area (TPSA) is 242 Å². The second kappa shape index (κ2) is 18.7. The molecule has 0 spiro atoms. The number of nitrogens with one attached hydrogen (secondary N) is 2. The number of rotatable bonds is 2. The van der Waals surface area contributed by atoms with Crippen molar-refractivity contribution in [3.8, 4) is 28.7 Å². The van der Waals surface area contributed by atoms with Gasteiger partial charge in [-0.25, -0.2) is 24.3 Å². The lowest BCUT2D eigenvalue weighted by Gasteiger charge is -2.09. The summed E-state index contributed by atoms with van der Waals surface area (Å²) in [6.07, 6.45) is 7.06. The van der Waals surface area contributed by atoms with E-state index in [2.05, 4.69) is 29.9 Å². The van der Waals surface area contributed by atoms with Crippen molar-refractivity contribution in [2.45, 2.75) is 18.9 Å². The largest absolute Gasteiger partial charge is 0.506 e. The van der Waals surface area contributed by atoms with E-state index in [1.807, 2.05) is 0 Å². The number of nitrogens with zero attached hydrogens (tertiary/aromatic N) is 6. The van der Waals surface area contributed by atoms with Crippen molar-refractivity contribution in [2.75, 3.05) is 0 Å². The molecule has 10 rings (SSSR count). The maximum absolute atomic E-state index is 12.9. The monoisotopic (exact) mass is 986 g/mol. The number of phenolic OH excluding ortho intramolecular Hbond substituents is 4. The van der Waals surface area contributed by atoms with Gasteiger partial charge in [0.2, 0.25) is 0 Å². The Balaban J connectivity index is 0.000000130. The molecule has 1 aliphatic rings. The van der Waals surface area contributed by atoms with Crippen LogP contribution >= 0.6 is 69.6 Å². The number of hydrogen-bond donors (Lipinski definition) is 6. The van der Waals surface area contributed by atoms with Gasteiger partial charge in [-0.3, -0.25) is 28.3 Å². The zero-order valence-electron chi connectivity index (χ0n) is 31.8. The minimum absolute atomic E-state index is 0.0129. The zero-order chi connectivity index (χ0) is 46.1. The lowest BCUT2D eigenvalue weighted by atomic mass is 10.2. The number of H-pyrrole nitrogens is 2. The van der Waals surface area contributed by atoms with Crippen molar-refractivity contribution >= 4 is 113 Å². The summed E-state index contributed by atoms with van der Waals surface area (Å²) >= 11 is 35.0. The van der Waals surface area contributed by atoms with Crippen LogP contribution in [0.15, 0.2) is 105 Å². The Labute approximate surface area is 385 Å². The summed E-state index contributed by atoms with van der Waals surface area (Å²) in [6.45, 7) is 0. The third-order valence-electron chi connectivity index (χ3n) is 9.34. The molecule has 1 fully saturated rings. The molecule has 326 valence electrons. The van der Waals surface area contributed by atoms with Gasteiger partial charge < -0.3 is 30.4 Å². The summed E-state index contributed by atoms with van der Waals surface area (Å²) < 4.78 is 15.7. The van der Waals surface area contributed by atoms with Gasteiger partial charge in [0.1, 0.15) is 40.0 Å². The molecular formula is C41H25Cl6FN8O8. The highest BCUT2D eigenvalue weighted by Crippen LogP contribution is 2.38. The standard InChI is InChI=1S/C14H7Cl2FN2O2.C11H8Cl2N2O2.C8H4Cl2N2O2.C8H6N2O2/c15-9-5-10(16)13(20)12-11(9)14(21)19(6-18-12)8-3-1-7(17)2-4-8;12-6-3-7(13)10(16)9-8(6)11(17)15(4-14-9)5-1-2-5;9-3-1-4(10)7(13)6-5(3)8(14)12-2-11-6;11-6-3-1-2-5-7(6)9-4-10-8(5)12/h1-6,20H;3-5,16H,1-2H2;1-2,13H,(H,11,12,14);1-4,11H,(H,9,10,12). The molecule has 0 atom stereocenters. The van der Waals surface area contributed by atoms with Crippen molar-refractivity contribution in [1.82, 2.24) is 39.0 Å². The fourth-order valence-corrected chi connectivity index (χ4v) is 7.70. The highest BCUT2D eigenvalue weighted by Gasteiger charge is 2.26. The summed E-state index contributed by atoms with van der Waals surface area (Å²) in [4.78, 5) is 67.6. The first kappa shape index (κ1) is 45.6. The molecule has 1 saturated carbocycles. The van der Waals surface area contributed by atoms with Crippen LogP contribution in [0.2, 0.25) is 30.1 Å². The van der Waals surface area contributed by atoms with E-state index in [9.17, 15) is 44.0 Å². The third kappa shape index (κ3) is 9.12. The molecule has 4 heterocycles. The van der Waals surface area contributed by atoms with E-state index in [1.165, 1.54) is 78.4 Å². The van der Waals surface area contributed by atoms with E-state index < -0.39 is 16.9 Å². The van der Waals surface area contributed by atoms with Gasteiger partial charge >= 0.3 is 0 Å². The lowest BCUT2D eigenvalue weighted by molar-refractivity contribution is 0.479. The molecule has 0 bridgehead atoms. The molecule has 23 heteroatoms. The van der Waals surface area contributed by atoms with Crippen molar-refractivity contribution in [3.63, 3.8) is 0 Å². The molecule has 1 aliphatic carbocycles. The summed E-state index contributed by atoms with van der Waals surface area (Å²) in [5, 5.41) is 39.8. The molecule has 0 amide bonds. The quantitative estimate of drug-likeness (QED) is 0.0952. The number of para-hydroxylation sites is 1. The molecular weight excluding hydrogens is 964 g/mol. The van der Waals surface area contributed by atoms with Gasteiger partial charge in [-0.1, -0.05) is 75.7 Å². The number of benzene rings is 5. The molecule has 9 aromatic rings. The van der Waals surface area contributed by atoms with Gasteiger partial charge in [-0.05, 0) is 67.4 Å². The third-order valence-corrected chi connectivity index (χ3v) is 11.1. The first-order chi connectivity index (χ1) is 30.5. The molecule has 5 aromatic carbocycles. The predicted octanol–water partition coefficient (Wildman–Crippen LogP) is 8.85. The number of aromatic hydroxyl groups is 4. The Bertz CT molecular complexity index is 3550. The highest BCUT2D eigenvalue weighted by atomic mass is 35.5. The van der Waals surface area contributed by atoms with E-state index in [-0.39, 0.29) is 103 Å². The summed E-state index contributed by atoms with van der Waals surface area (Å²) in [6, 6.07) is 14.2. The smallest absolute Gasteiger partial charge is 0.267 e. The van der Waals surface area contributed by atoms with Crippen LogP contribution in [0.3, 0.4) is 0 Å². The summed E-state index contributed by atoms with van der Waals surface area (Å²) in [5.41, 5.74) is -0.310. The van der Waals surface area contributed by atoms with Gasteiger partial charge in [-0.15, -0.1) is 0 Å². The van der Waals surface area contributed by atoms with Crippen molar-refractivity contribution in [2.24, 2.45) is 0 Å². The van der Waals surface area contributed by atoms with Crippen LogP contribution in [0.1, 0.15) is 18.9 Å². The normalized spacial score (nSPS) is 12.0. The number of halogens is 7. The molecule has 0 saturated heterocycles. The van der Waals surface area contributed by atoms with Crippen LogP contribution in [0, 0.1) is 5.82 Å². The molecule has 16 nitrogen and oxygen atoms in total. The Morgan fingerprint density at radius 2 is 1.05 bits per heavy atom. The van der Waals surface area contributed by atoms with Crippen LogP contribution in [0.4, 0.5) is 4.39 Å². The van der Waals surface area contributed by atoms with Gasteiger partial charge in [0.15, 0.2) is 17.2 Å². The molecule has 0 aliphatic heterocycles. The van der Waals surface area contributed by atoms with Crippen LogP contribution in [-0.2, 0) is 0 Å². The van der Waals surface area contributed by atoms with E-state index >= 15 is 0 Å². The SMILES string of the molecule is O=c1[nH]cnc2c(O)c(Cl)cc(Cl)c12.O=c1[nH]cnc2c(O)cccc12.O=c1c2c(Cl)cc(Cl)c(O)c2ncn1-c1ccc(F)cc1.O=c1c2c(Cl)cc(Cl)c(O)c2ncn1C1CC1. The van der Waals surface area contributed by atoms with Gasteiger partial charge in [-0.2, -0.15) is 0 Å². The second-order valence-electron chi connectivity index (χ2n) is 13.5. The number of aromatic amines is 2. The van der Waals surface area contributed by atoms with E-state index in [4.69, 9.17) is 69.6 Å². The fraction of sp³-hybridized carbons (Fsp3) is 0.0732. The van der Waals surface area contributed by atoms with E-state index in [0.717, 1.165) is 12.8 Å². The van der Waals surface area contributed by atoms with E-state index in [0.29, 0.717) is 16.6 Å². The Hall–Kier alpha value is -6.47. The van der Waals surface area contributed by atoms with Crippen molar-refractivity contribution in [1.29, 1.82) is 0 Å². The summed E-state index contributed by atoms with van der Waals surface area (Å²) in [7, 11) is 0. The minimum atomic E-state index is -0.483. The van der Waals surface area contributed by atoms with E-state index in [1.54, 1.807) is 16.7 Å². The van der Waals surface area contributed by atoms with Crippen molar-refractivity contribution in [3.05, 3.63) is 163 Å².